The number of carboxylic acid groups (broad SMARTS) is 1. The van der Waals surface area contributed by atoms with Gasteiger partial charge in [0, 0.05) is 26.2 Å². The number of hydrogen-bond donors (Lipinski definition) is 2. The molecule has 0 fully saturated rings. The van der Waals surface area contributed by atoms with Crippen molar-refractivity contribution in [3.8, 4) is 0 Å². The molecule has 1 atom stereocenters. The first kappa shape index (κ1) is 14.6. The van der Waals surface area contributed by atoms with E-state index < -0.39 is 5.97 Å². The molecule has 0 aliphatic carbocycles. The number of nitrogens with one attached hydrogen (secondary N) is 1. The lowest BCUT2D eigenvalue weighted by molar-refractivity contribution is -0.137. The van der Waals surface area contributed by atoms with Crippen LogP contribution < -0.4 is 5.32 Å². The Morgan fingerprint density at radius 2 is 2.22 bits per heavy atom. The fourth-order valence-corrected chi connectivity index (χ4v) is 1.83. The molecule has 0 aliphatic heterocycles. The first-order chi connectivity index (χ1) is 8.40. The first-order valence-electron chi connectivity index (χ1n) is 5.72. The van der Waals surface area contributed by atoms with Gasteiger partial charge < -0.3 is 15.0 Å². The van der Waals surface area contributed by atoms with Crippen molar-refractivity contribution in [2.75, 3.05) is 6.54 Å². The van der Waals surface area contributed by atoms with E-state index in [-0.39, 0.29) is 18.2 Å². The Morgan fingerprint density at radius 3 is 2.72 bits per heavy atom. The third-order valence-corrected chi connectivity index (χ3v) is 2.87. The molecule has 1 unspecified atom stereocenters. The maximum absolute atomic E-state index is 11.8. The standard InChI is InChI=1S/C12H17ClN2O3/c1-8(3-4-11(16)17)6-14-12(18)10-5-9(13)7-15(10)2/h5,7-8H,3-4,6H2,1-2H3,(H,14,18)(H,16,17). The van der Waals surface area contributed by atoms with Crippen molar-refractivity contribution in [1.82, 2.24) is 9.88 Å². The lowest BCUT2D eigenvalue weighted by atomic mass is 10.1. The number of carbonyl (C=O) groups is 2. The second-order valence-electron chi connectivity index (χ2n) is 4.40. The molecule has 6 heteroatoms. The Balaban J connectivity index is 2.41. The predicted molar refractivity (Wildman–Crippen MR) is 68.8 cm³/mol. The van der Waals surface area contributed by atoms with Gasteiger partial charge in [-0.15, -0.1) is 0 Å². The number of carboxylic acids is 1. The minimum Gasteiger partial charge on any atom is -0.481 e. The maximum atomic E-state index is 11.8. The number of aliphatic carboxylic acids is 1. The third-order valence-electron chi connectivity index (χ3n) is 2.67. The van der Waals surface area contributed by atoms with E-state index in [1.54, 1.807) is 23.9 Å². The van der Waals surface area contributed by atoms with E-state index >= 15 is 0 Å². The Labute approximate surface area is 111 Å². The van der Waals surface area contributed by atoms with Crippen molar-refractivity contribution >= 4 is 23.5 Å². The molecule has 0 aliphatic rings. The minimum atomic E-state index is -0.817. The molecule has 0 aromatic carbocycles. The van der Waals surface area contributed by atoms with Gasteiger partial charge in [-0.1, -0.05) is 18.5 Å². The average Bonchev–Trinajstić information content (AvgIpc) is 2.62. The summed E-state index contributed by atoms with van der Waals surface area (Å²) >= 11 is 5.79. The van der Waals surface area contributed by atoms with E-state index in [0.29, 0.717) is 23.7 Å². The molecular weight excluding hydrogens is 256 g/mol. The van der Waals surface area contributed by atoms with Gasteiger partial charge in [0.1, 0.15) is 5.69 Å². The Bertz CT molecular complexity index is 443. The van der Waals surface area contributed by atoms with Crippen LogP contribution in [0.3, 0.4) is 0 Å². The molecule has 1 rings (SSSR count). The van der Waals surface area contributed by atoms with Gasteiger partial charge in [-0.05, 0) is 18.4 Å². The quantitative estimate of drug-likeness (QED) is 0.831. The topological polar surface area (TPSA) is 71.3 Å². The normalized spacial score (nSPS) is 12.2. The van der Waals surface area contributed by atoms with Gasteiger partial charge >= 0.3 is 5.97 Å². The Morgan fingerprint density at radius 1 is 1.56 bits per heavy atom. The van der Waals surface area contributed by atoms with Crippen molar-refractivity contribution in [2.24, 2.45) is 13.0 Å². The van der Waals surface area contributed by atoms with Gasteiger partial charge in [-0.25, -0.2) is 0 Å². The van der Waals surface area contributed by atoms with Crippen molar-refractivity contribution in [3.63, 3.8) is 0 Å². The first-order valence-corrected chi connectivity index (χ1v) is 6.09. The summed E-state index contributed by atoms with van der Waals surface area (Å²) in [5, 5.41) is 11.8. The van der Waals surface area contributed by atoms with E-state index in [4.69, 9.17) is 16.7 Å². The molecule has 5 nitrogen and oxygen atoms in total. The van der Waals surface area contributed by atoms with Crippen LogP contribution in [0.2, 0.25) is 5.02 Å². The van der Waals surface area contributed by atoms with Crippen LogP contribution in [0.4, 0.5) is 0 Å². The highest BCUT2D eigenvalue weighted by atomic mass is 35.5. The summed E-state index contributed by atoms with van der Waals surface area (Å²) in [5.74, 6) is -0.894. The molecule has 1 aromatic heterocycles. The lowest BCUT2D eigenvalue weighted by Gasteiger charge is -2.11. The van der Waals surface area contributed by atoms with Crippen molar-refractivity contribution < 1.29 is 14.7 Å². The van der Waals surface area contributed by atoms with Gasteiger partial charge in [0.25, 0.3) is 5.91 Å². The monoisotopic (exact) mass is 272 g/mol. The predicted octanol–water partition coefficient (Wildman–Crippen LogP) is 1.91. The Kier molecular flexibility index (Phi) is 5.22. The molecule has 1 amide bonds. The molecule has 0 spiro atoms. The zero-order chi connectivity index (χ0) is 13.7. The third kappa shape index (κ3) is 4.41. The Hall–Kier alpha value is -1.49. The second kappa shape index (κ2) is 6.44. The molecule has 18 heavy (non-hydrogen) atoms. The van der Waals surface area contributed by atoms with E-state index in [2.05, 4.69) is 5.32 Å². The van der Waals surface area contributed by atoms with Crippen molar-refractivity contribution in [1.29, 1.82) is 0 Å². The van der Waals surface area contributed by atoms with E-state index in [1.165, 1.54) is 0 Å². The van der Waals surface area contributed by atoms with Crippen LogP contribution >= 0.6 is 11.6 Å². The van der Waals surface area contributed by atoms with Crippen LogP contribution in [-0.2, 0) is 11.8 Å². The largest absolute Gasteiger partial charge is 0.481 e. The fourth-order valence-electron chi connectivity index (χ4n) is 1.58. The molecule has 0 saturated heterocycles. The van der Waals surface area contributed by atoms with Crippen LogP contribution in [0.15, 0.2) is 12.3 Å². The SMILES string of the molecule is CC(CCC(=O)O)CNC(=O)c1cc(Cl)cn1C. The van der Waals surface area contributed by atoms with E-state index in [9.17, 15) is 9.59 Å². The minimum absolute atomic E-state index is 0.118. The average molecular weight is 273 g/mol. The summed E-state index contributed by atoms with van der Waals surface area (Å²) in [6.07, 6.45) is 2.32. The van der Waals surface area contributed by atoms with Crippen molar-refractivity contribution in [3.05, 3.63) is 23.0 Å². The number of hydrogen-bond acceptors (Lipinski definition) is 2. The highest BCUT2D eigenvalue weighted by Gasteiger charge is 2.12. The molecule has 0 bridgehead atoms. The summed E-state index contributed by atoms with van der Waals surface area (Å²) in [6, 6.07) is 1.60. The van der Waals surface area contributed by atoms with E-state index in [0.717, 1.165) is 0 Å². The molecule has 0 saturated carbocycles. The number of rotatable bonds is 6. The van der Waals surface area contributed by atoms with Crippen LogP contribution in [0.5, 0.6) is 0 Å². The molecular formula is C12H17ClN2O3. The smallest absolute Gasteiger partial charge is 0.303 e. The van der Waals surface area contributed by atoms with Gasteiger partial charge in [0.2, 0.25) is 0 Å². The number of aryl methyl sites for hydroxylation is 1. The molecule has 1 aromatic rings. The van der Waals surface area contributed by atoms with Gasteiger partial charge in [0.05, 0.1) is 5.02 Å². The number of nitrogens with zero attached hydrogens (tertiary/aromatic N) is 1. The molecule has 0 radical (unpaired) electrons. The zero-order valence-electron chi connectivity index (χ0n) is 10.4. The van der Waals surface area contributed by atoms with Crippen LogP contribution in [0, 0.1) is 5.92 Å². The highest BCUT2D eigenvalue weighted by molar-refractivity contribution is 6.31. The summed E-state index contributed by atoms with van der Waals surface area (Å²) in [5.41, 5.74) is 0.491. The molecule has 100 valence electrons. The number of aromatic nitrogens is 1. The second-order valence-corrected chi connectivity index (χ2v) is 4.84. The van der Waals surface area contributed by atoms with Crippen LogP contribution in [0.1, 0.15) is 30.3 Å². The lowest BCUT2D eigenvalue weighted by Crippen LogP contribution is -2.29. The summed E-state index contributed by atoms with van der Waals surface area (Å²) in [6.45, 7) is 2.36. The number of amides is 1. The van der Waals surface area contributed by atoms with Gasteiger partial charge in [0.15, 0.2) is 0 Å². The molecule has 2 N–H and O–H groups in total. The maximum Gasteiger partial charge on any atom is 0.303 e. The zero-order valence-corrected chi connectivity index (χ0v) is 11.2. The highest BCUT2D eigenvalue weighted by Crippen LogP contribution is 2.12. The fraction of sp³-hybridized carbons (Fsp3) is 0.500. The summed E-state index contributed by atoms with van der Waals surface area (Å²) in [7, 11) is 1.74. The van der Waals surface area contributed by atoms with Crippen molar-refractivity contribution in [2.45, 2.75) is 19.8 Å². The number of carbonyl (C=O) groups excluding carboxylic acids is 1. The van der Waals surface area contributed by atoms with Gasteiger partial charge in [-0.3, -0.25) is 9.59 Å². The van der Waals surface area contributed by atoms with Crippen LogP contribution in [0.25, 0.3) is 0 Å². The van der Waals surface area contributed by atoms with Crippen LogP contribution in [-0.4, -0.2) is 28.1 Å². The summed E-state index contributed by atoms with van der Waals surface area (Å²) in [4.78, 5) is 22.2. The molecule has 1 heterocycles. The van der Waals surface area contributed by atoms with Gasteiger partial charge in [-0.2, -0.15) is 0 Å². The summed E-state index contributed by atoms with van der Waals surface area (Å²) < 4.78 is 1.65. The van der Waals surface area contributed by atoms with E-state index in [1.807, 2.05) is 6.92 Å². The number of halogens is 1.